The van der Waals surface area contributed by atoms with Gasteiger partial charge in [-0.2, -0.15) is 5.10 Å². The maximum Gasteiger partial charge on any atom is 0.251 e. The van der Waals surface area contributed by atoms with Crippen LogP contribution in [-0.4, -0.2) is 46.2 Å². The number of aryl methyl sites for hydroxylation is 2. The summed E-state index contributed by atoms with van der Waals surface area (Å²) in [6.45, 7) is 5.20. The summed E-state index contributed by atoms with van der Waals surface area (Å²) in [6.07, 6.45) is 3.05. The Morgan fingerprint density at radius 1 is 1.26 bits per heavy atom. The van der Waals surface area contributed by atoms with Gasteiger partial charge in [-0.3, -0.25) is 19.2 Å². The molecule has 2 heterocycles. The first kappa shape index (κ1) is 19.1. The van der Waals surface area contributed by atoms with E-state index in [1.165, 1.54) is 4.90 Å². The minimum Gasteiger partial charge on any atom is -0.494 e. The van der Waals surface area contributed by atoms with E-state index in [0.717, 1.165) is 23.4 Å². The molecule has 7 nitrogen and oxygen atoms in total. The van der Waals surface area contributed by atoms with Crippen LogP contribution in [0.1, 0.15) is 31.0 Å². The Bertz CT molecular complexity index is 828. The van der Waals surface area contributed by atoms with E-state index in [-0.39, 0.29) is 18.2 Å². The van der Waals surface area contributed by atoms with Gasteiger partial charge in [0, 0.05) is 25.4 Å². The van der Waals surface area contributed by atoms with Crippen LogP contribution in [0.3, 0.4) is 0 Å². The van der Waals surface area contributed by atoms with Gasteiger partial charge in [-0.05, 0) is 44.7 Å². The topological polar surface area (TPSA) is 67.7 Å². The highest BCUT2D eigenvalue weighted by molar-refractivity contribution is 6.22. The summed E-state index contributed by atoms with van der Waals surface area (Å²) >= 11 is 0. The molecule has 1 aliphatic rings. The van der Waals surface area contributed by atoms with Crippen molar-refractivity contribution in [3.63, 3.8) is 0 Å². The monoisotopic (exact) mass is 370 g/mol. The Morgan fingerprint density at radius 3 is 2.56 bits per heavy atom. The van der Waals surface area contributed by atoms with Crippen LogP contribution in [0.4, 0.5) is 5.69 Å². The van der Waals surface area contributed by atoms with Crippen LogP contribution < -0.4 is 9.64 Å². The molecule has 1 aliphatic heterocycles. The average molecular weight is 370 g/mol. The number of carbonyl (C=O) groups excluding carboxylic acids is 2. The summed E-state index contributed by atoms with van der Waals surface area (Å²) in [5.74, 6) is 0.369. The molecule has 3 rings (SSSR count). The van der Waals surface area contributed by atoms with Crippen molar-refractivity contribution in [3.8, 4) is 5.75 Å². The lowest BCUT2D eigenvalue weighted by molar-refractivity contribution is -0.122. The zero-order valence-electron chi connectivity index (χ0n) is 16.3. The molecule has 0 saturated carbocycles. The lowest BCUT2D eigenvalue weighted by atomic mass is 10.2. The van der Waals surface area contributed by atoms with Crippen molar-refractivity contribution in [1.29, 1.82) is 0 Å². The molecule has 0 bridgehead atoms. The molecule has 0 spiro atoms. The second kappa shape index (κ2) is 7.92. The zero-order chi connectivity index (χ0) is 19.6. The van der Waals surface area contributed by atoms with Gasteiger partial charge >= 0.3 is 0 Å². The minimum atomic E-state index is -0.465. The number of imide groups is 1. The van der Waals surface area contributed by atoms with Crippen molar-refractivity contribution in [2.45, 2.75) is 39.3 Å². The van der Waals surface area contributed by atoms with Crippen molar-refractivity contribution in [3.05, 3.63) is 41.7 Å². The Morgan fingerprint density at radius 2 is 1.96 bits per heavy atom. The van der Waals surface area contributed by atoms with E-state index in [9.17, 15) is 9.59 Å². The second-order valence-corrected chi connectivity index (χ2v) is 6.96. The number of hydrogen-bond donors (Lipinski definition) is 0. The number of aromatic nitrogens is 2. The van der Waals surface area contributed by atoms with Gasteiger partial charge in [0.25, 0.3) is 5.91 Å². The number of rotatable bonds is 7. The van der Waals surface area contributed by atoms with E-state index in [1.807, 2.05) is 39.0 Å². The molecule has 1 saturated heterocycles. The highest BCUT2D eigenvalue weighted by Crippen LogP contribution is 2.27. The first-order valence-electron chi connectivity index (χ1n) is 9.19. The molecule has 7 heteroatoms. The van der Waals surface area contributed by atoms with Crippen molar-refractivity contribution >= 4 is 17.5 Å². The van der Waals surface area contributed by atoms with E-state index < -0.39 is 6.04 Å². The molecule has 2 amide bonds. The Labute approximate surface area is 159 Å². The minimum absolute atomic E-state index is 0.179. The van der Waals surface area contributed by atoms with Gasteiger partial charge in [-0.15, -0.1) is 0 Å². The van der Waals surface area contributed by atoms with Crippen LogP contribution in [0.25, 0.3) is 0 Å². The highest BCUT2D eigenvalue weighted by atomic mass is 16.5. The van der Waals surface area contributed by atoms with E-state index >= 15 is 0 Å². The molecule has 0 radical (unpaired) electrons. The number of benzene rings is 1. The molecule has 0 aliphatic carbocycles. The molecule has 1 unspecified atom stereocenters. The number of nitrogens with zero attached hydrogens (tertiary/aromatic N) is 4. The third kappa shape index (κ3) is 4.03. The zero-order valence-corrected chi connectivity index (χ0v) is 16.3. The van der Waals surface area contributed by atoms with Crippen molar-refractivity contribution in [2.75, 3.05) is 18.6 Å². The Kier molecular flexibility index (Phi) is 5.60. The maximum atomic E-state index is 12.9. The molecule has 0 N–H and O–H groups in total. The quantitative estimate of drug-likeness (QED) is 0.700. The number of hydrogen-bond acceptors (Lipinski definition) is 5. The van der Waals surface area contributed by atoms with Gasteiger partial charge in [0.1, 0.15) is 5.75 Å². The Hall–Kier alpha value is -2.67. The van der Waals surface area contributed by atoms with E-state index in [4.69, 9.17) is 4.74 Å². The summed E-state index contributed by atoms with van der Waals surface area (Å²) in [6, 6.07) is 6.64. The van der Waals surface area contributed by atoms with Crippen LogP contribution in [0.5, 0.6) is 5.75 Å². The normalized spacial score (nSPS) is 17.2. The van der Waals surface area contributed by atoms with Gasteiger partial charge in [0.2, 0.25) is 5.91 Å². The summed E-state index contributed by atoms with van der Waals surface area (Å²) in [5, 5.41) is 4.33. The Balaban J connectivity index is 1.71. The number of amides is 2. The van der Waals surface area contributed by atoms with Crippen molar-refractivity contribution in [1.82, 2.24) is 14.7 Å². The smallest absolute Gasteiger partial charge is 0.251 e. The van der Waals surface area contributed by atoms with Crippen LogP contribution in [-0.2, 0) is 23.2 Å². The average Bonchev–Trinajstić information content (AvgIpc) is 3.11. The highest BCUT2D eigenvalue weighted by Gasteiger charge is 2.41. The van der Waals surface area contributed by atoms with Crippen LogP contribution >= 0.6 is 0 Å². The predicted octanol–water partition coefficient (Wildman–Crippen LogP) is 2.28. The second-order valence-electron chi connectivity index (χ2n) is 6.96. The summed E-state index contributed by atoms with van der Waals surface area (Å²) in [7, 11) is 3.74. The molecule has 27 heavy (non-hydrogen) atoms. The molecular weight excluding hydrogens is 344 g/mol. The number of carbonyl (C=O) groups is 2. The van der Waals surface area contributed by atoms with Gasteiger partial charge in [-0.1, -0.05) is 6.92 Å². The molecule has 1 atom stereocenters. The third-order valence-corrected chi connectivity index (χ3v) is 4.76. The molecular formula is C20H26N4O3. The van der Waals surface area contributed by atoms with Gasteiger partial charge in [-0.25, -0.2) is 4.90 Å². The summed E-state index contributed by atoms with van der Waals surface area (Å²) in [4.78, 5) is 28.6. The fraction of sp³-hybridized carbons (Fsp3) is 0.450. The maximum absolute atomic E-state index is 12.9. The SMILES string of the molecule is CCCOc1ccc(N2C(=O)CC(N(C)Cc3cn(C)nc3C)C2=O)cc1. The summed E-state index contributed by atoms with van der Waals surface area (Å²) < 4.78 is 7.32. The molecule has 1 fully saturated rings. The van der Waals surface area contributed by atoms with E-state index in [0.29, 0.717) is 18.8 Å². The summed E-state index contributed by atoms with van der Waals surface area (Å²) in [5.41, 5.74) is 2.57. The van der Waals surface area contributed by atoms with Gasteiger partial charge in [0.15, 0.2) is 0 Å². The van der Waals surface area contributed by atoms with Crippen LogP contribution in [0, 0.1) is 6.92 Å². The van der Waals surface area contributed by atoms with Gasteiger partial charge < -0.3 is 4.74 Å². The number of ether oxygens (including phenoxy) is 1. The van der Waals surface area contributed by atoms with Gasteiger partial charge in [0.05, 0.1) is 30.5 Å². The van der Waals surface area contributed by atoms with E-state index in [1.54, 1.807) is 28.9 Å². The molecule has 144 valence electrons. The van der Waals surface area contributed by atoms with Crippen LogP contribution in [0.15, 0.2) is 30.5 Å². The van der Waals surface area contributed by atoms with Crippen molar-refractivity contribution in [2.24, 2.45) is 7.05 Å². The predicted molar refractivity (Wildman–Crippen MR) is 103 cm³/mol. The first-order chi connectivity index (χ1) is 12.9. The fourth-order valence-electron chi connectivity index (χ4n) is 3.33. The molecule has 1 aromatic carbocycles. The number of anilines is 1. The fourth-order valence-corrected chi connectivity index (χ4v) is 3.33. The molecule has 2 aromatic rings. The number of likely N-dealkylation sites (N-methyl/N-ethyl adjacent to an activating group) is 1. The lowest BCUT2D eigenvalue weighted by Crippen LogP contribution is -2.39. The first-order valence-corrected chi connectivity index (χ1v) is 9.19. The van der Waals surface area contributed by atoms with E-state index in [2.05, 4.69) is 5.10 Å². The largest absolute Gasteiger partial charge is 0.494 e. The van der Waals surface area contributed by atoms with Crippen LogP contribution in [0.2, 0.25) is 0 Å². The molecule has 1 aromatic heterocycles. The van der Waals surface area contributed by atoms with Crippen molar-refractivity contribution < 1.29 is 14.3 Å². The third-order valence-electron chi connectivity index (χ3n) is 4.76. The standard InChI is InChI=1S/C20H26N4O3/c1-5-10-27-17-8-6-16(7-9-17)24-19(25)11-18(20(24)26)22(3)12-15-13-23(4)21-14(15)2/h6-9,13,18H,5,10-12H2,1-4H3. The lowest BCUT2D eigenvalue weighted by Gasteiger charge is -2.22.